The number of nitrogens with one attached hydrogen (secondary N) is 1. The van der Waals surface area contributed by atoms with Crippen LogP contribution in [0, 0.1) is 0 Å². The van der Waals surface area contributed by atoms with E-state index in [1.54, 1.807) is 0 Å². The zero-order valence-corrected chi connectivity index (χ0v) is 10.2. The molecule has 5 nitrogen and oxygen atoms in total. The van der Waals surface area contributed by atoms with Gasteiger partial charge in [-0.25, -0.2) is 4.79 Å². The van der Waals surface area contributed by atoms with E-state index in [0.29, 0.717) is 18.8 Å². The Hall–Kier alpha value is -2.11. The topological polar surface area (TPSA) is 82.7 Å². The van der Waals surface area contributed by atoms with Crippen molar-refractivity contribution >= 4 is 5.97 Å². The van der Waals surface area contributed by atoms with Crippen molar-refractivity contribution in [3.8, 4) is 0 Å². The highest BCUT2D eigenvalue weighted by Gasteiger charge is 2.09. The van der Waals surface area contributed by atoms with Gasteiger partial charge in [-0.1, -0.05) is 30.3 Å². The first-order chi connectivity index (χ1) is 9.16. The van der Waals surface area contributed by atoms with E-state index in [9.17, 15) is 9.90 Å². The molecule has 0 fully saturated rings. The second kappa shape index (κ2) is 6.17. The second-order valence-electron chi connectivity index (χ2n) is 4.16. The number of benzene rings is 1. The van der Waals surface area contributed by atoms with Gasteiger partial charge in [-0.2, -0.15) is 0 Å². The molecule has 0 amide bonds. The quantitative estimate of drug-likeness (QED) is 0.738. The Morgan fingerprint density at radius 3 is 2.68 bits per heavy atom. The number of carboxylic acids is 1. The van der Waals surface area contributed by atoms with Crippen molar-refractivity contribution in [3.63, 3.8) is 0 Å². The van der Waals surface area contributed by atoms with Crippen LogP contribution in [-0.2, 0) is 6.54 Å². The third-order valence-corrected chi connectivity index (χ3v) is 2.72. The van der Waals surface area contributed by atoms with Crippen LogP contribution in [0.5, 0.6) is 0 Å². The minimum Gasteiger partial charge on any atom is -0.478 e. The van der Waals surface area contributed by atoms with Crippen LogP contribution in [0.1, 0.15) is 27.8 Å². The molecule has 0 aliphatic heterocycles. The van der Waals surface area contributed by atoms with E-state index < -0.39 is 12.1 Å². The van der Waals surface area contributed by atoms with Crippen LogP contribution in [0.3, 0.4) is 0 Å². The number of rotatable bonds is 6. The Morgan fingerprint density at radius 2 is 2.05 bits per heavy atom. The average Bonchev–Trinajstić information content (AvgIpc) is 2.89. The number of furan rings is 1. The first-order valence-corrected chi connectivity index (χ1v) is 5.91. The smallest absolute Gasteiger partial charge is 0.338 e. The molecule has 3 N–H and O–H groups in total. The van der Waals surface area contributed by atoms with Crippen LogP contribution in [-0.4, -0.2) is 22.7 Å². The van der Waals surface area contributed by atoms with Crippen molar-refractivity contribution in [3.05, 3.63) is 59.5 Å². The highest BCUT2D eigenvalue weighted by Crippen LogP contribution is 2.11. The fourth-order valence-electron chi connectivity index (χ4n) is 1.71. The van der Waals surface area contributed by atoms with Gasteiger partial charge in [0.2, 0.25) is 0 Å². The van der Waals surface area contributed by atoms with Gasteiger partial charge in [0.1, 0.15) is 12.0 Å². The zero-order chi connectivity index (χ0) is 13.7. The number of carboxylic acid groups (broad SMARTS) is 1. The minimum absolute atomic E-state index is 0.125. The third kappa shape index (κ3) is 3.67. The summed E-state index contributed by atoms with van der Waals surface area (Å²) in [5.74, 6) is -0.489. The monoisotopic (exact) mass is 261 g/mol. The molecule has 1 heterocycles. The first-order valence-electron chi connectivity index (χ1n) is 5.91. The van der Waals surface area contributed by atoms with E-state index in [-0.39, 0.29) is 5.56 Å². The van der Waals surface area contributed by atoms with Crippen LogP contribution < -0.4 is 5.32 Å². The molecule has 0 spiro atoms. The number of hydrogen-bond acceptors (Lipinski definition) is 4. The number of aliphatic hydroxyl groups is 1. The lowest BCUT2D eigenvalue weighted by atomic mass is 10.1. The molecule has 100 valence electrons. The molecule has 0 saturated heterocycles. The van der Waals surface area contributed by atoms with Crippen LogP contribution in [0.25, 0.3) is 0 Å². The Balaban J connectivity index is 1.81. The van der Waals surface area contributed by atoms with Crippen LogP contribution >= 0.6 is 0 Å². The highest BCUT2D eigenvalue weighted by atomic mass is 16.4. The maximum absolute atomic E-state index is 10.7. The Labute approximate surface area is 110 Å². The summed E-state index contributed by atoms with van der Waals surface area (Å²) in [6, 6.07) is 10.8. The van der Waals surface area contributed by atoms with Crippen LogP contribution in [0.15, 0.2) is 47.1 Å². The molecule has 1 atom stereocenters. The van der Waals surface area contributed by atoms with Crippen molar-refractivity contribution < 1.29 is 19.4 Å². The van der Waals surface area contributed by atoms with Gasteiger partial charge >= 0.3 is 5.97 Å². The number of carbonyl (C=O) groups is 1. The van der Waals surface area contributed by atoms with Gasteiger partial charge in [-0.15, -0.1) is 0 Å². The maximum Gasteiger partial charge on any atom is 0.338 e. The molecule has 19 heavy (non-hydrogen) atoms. The lowest BCUT2D eigenvalue weighted by molar-refractivity contribution is 0.0696. The fourth-order valence-corrected chi connectivity index (χ4v) is 1.71. The van der Waals surface area contributed by atoms with Gasteiger partial charge in [0.15, 0.2) is 0 Å². The van der Waals surface area contributed by atoms with E-state index in [2.05, 4.69) is 5.32 Å². The number of aromatic carboxylic acids is 1. The van der Waals surface area contributed by atoms with Gasteiger partial charge in [0, 0.05) is 6.54 Å². The predicted octanol–water partition coefficient (Wildman–Crippen LogP) is 1.80. The van der Waals surface area contributed by atoms with Crippen molar-refractivity contribution in [2.45, 2.75) is 12.6 Å². The number of hydrogen-bond donors (Lipinski definition) is 3. The summed E-state index contributed by atoms with van der Waals surface area (Å²) in [5.41, 5.74) is 0.959. The summed E-state index contributed by atoms with van der Waals surface area (Å²) >= 11 is 0. The molecule has 0 aliphatic rings. The van der Waals surface area contributed by atoms with E-state index in [4.69, 9.17) is 9.52 Å². The molecule has 1 aromatic carbocycles. The molecule has 0 saturated carbocycles. The summed E-state index contributed by atoms with van der Waals surface area (Å²) < 4.78 is 5.09. The Bertz CT molecular complexity index is 535. The molecule has 1 aromatic heterocycles. The summed E-state index contributed by atoms with van der Waals surface area (Å²) in [6.45, 7) is 0.740. The summed E-state index contributed by atoms with van der Waals surface area (Å²) in [7, 11) is 0. The lowest BCUT2D eigenvalue weighted by Gasteiger charge is -2.11. The standard InChI is InChI=1S/C14H15NO4/c16-13(10-4-2-1-3-5-10)8-15-7-12-6-11(9-19-12)14(17)18/h1-6,9,13,15-16H,7-8H2,(H,17,18). The van der Waals surface area contributed by atoms with Crippen molar-refractivity contribution in [1.29, 1.82) is 0 Å². The van der Waals surface area contributed by atoms with Gasteiger partial charge in [0.05, 0.1) is 18.2 Å². The van der Waals surface area contributed by atoms with Crippen molar-refractivity contribution in [2.75, 3.05) is 6.54 Å². The Kier molecular flexibility index (Phi) is 4.33. The van der Waals surface area contributed by atoms with Gasteiger partial charge < -0.3 is 19.9 Å². The normalized spacial score (nSPS) is 12.3. The second-order valence-corrected chi connectivity index (χ2v) is 4.16. The van der Waals surface area contributed by atoms with Crippen LogP contribution in [0.2, 0.25) is 0 Å². The lowest BCUT2D eigenvalue weighted by Crippen LogP contribution is -2.20. The van der Waals surface area contributed by atoms with E-state index in [1.807, 2.05) is 30.3 Å². The molecule has 1 unspecified atom stereocenters. The molecular formula is C14H15NO4. The SMILES string of the molecule is O=C(O)c1coc(CNCC(O)c2ccccc2)c1. The van der Waals surface area contributed by atoms with E-state index in [1.165, 1.54) is 12.3 Å². The summed E-state index contributed by atoms with van der Waals surface area (Å²) in [4.78, 5) is 10.7. The van der Waals surface area contributed by atoms with Gasteiger partial charge in [0.25, 0.3) is 0 Å². The minimum atomic E-state index is -1.01. The van der Waals surface area contributed by atoms with Crippen molar-refractivity contribution in [2.24, 2.45) is 0 Å². The van der Waals surface area contributed by atoms with E-state index in [0.717, 1.165) is 5.56 Å². The molecule has 0 aliphatic carbocycles. The molecule has 0 radical (unpaired) electrons. The average molecular weight is 261 g/mol. The predicted molar refractivity (Wildman–Crippen MR) is 68.8 cm³/mol. The fraction of sp³-hybridized carbons (Fsp3) is 0.214. The molecular weight excluding hydrogens is 246 g/mol. The van der Waals surface area contributed by atoms with E-state index >= 15 is 0 Å². The van der Waals surface area contributed by atoms with Crippen LogP contribution in [0.4, 0.5) is 0 Å². The maximum atomic E-state index is 10.7. The largest absolute Gasteiger partial charge is 0.478 e. The molecule has 5 heteroatoms. The molecule has 2 aromatic rings. The molecule has 2 rings (SSSR count). The zero-order valence-electron chi connectivity index (χ0n) is 10.2. The van der Waals surface area contributed by atoms with Gasteiger partial charge in [-0.3, -0.25) is 0 Å². The highest BCUT2D eigenvalue weighted by molar-refractivity contribution is 5.87. The first kappa shape index (κ1) is 13.3. The molecule has 0 bridgehead atoms. The van der Waals surface area contributed by atoms with Gasteiger partial charge in [-0.05, 0) is 11.6 Å². The Morgan fingerprint density at radius 1 is 1.32 bits per heavy atom. The number of aliphatic hydroxyl groups excluding tert-OH is 1. The summed E-state index contributed by atoms with van der Waals surface area (Å²) in [5, 5.41) is 21.7. The van der Waals surface area contributed by atoms with Crippen molar-refractivity contribution in [1.82, 2.24) is 5.32 Å². The third-order valence-electron chi connectivity index (χ3n) is 2.72. The summed E-state index contributed by atoms with van der Waals surface area (Å²) in [6.07, 6.45) is 0.600.